The maximum Gasteiger partial charge on any atom is 0.416 e. The van der Waals surface area contributed by atoms with Gasteiger partial charge in [0.2, 0.25) is 5.95 Å². The number of methoxy groups -OCH3 is 1. The van der Waals surface area contributed by atoms with Crippen LogP contribution in [0.25, 0.3) is 11.3 Å². The Hall–Kier alpha value is -3.20. The first-order chi connectivity index (χ1) is 14.7. The van der Waals surface area contributed by atoms with Crippen LogP contribution in [0.1, 0.15) is 5.56 Å². The molecule has 0 radical (unpaired) electrons. The van der Waals surface area contributed by atoms with Gasteiger partial charge in [-0.25, -0.2) is 14.4 Å². The van der Waals surface area contributed by atoms with E-state index >= 15 is 0 Å². The van der Waals surface area contributed by atoms with Gasteiger partial charge < -0.3 is 14.5 Å². The van der Waals surface area contributed by atoms with Crippen molar-refractivity contribution in [3.05, 3.63) is 66.1 Å². The lowest BCUT2D eigenvalue weighted by atomic mass is 10.1. The number of alkyl halides is 3. The summed E-state index contributed by atoms with van der Waals surface area (Å²) >= 11 is 0. The number of hydrogen-bond donors (Lipinski definition) is 0. The van der Waals surface area contributed by atoms with E-state index in [4.69, 9.17) is 4.74 Å². The highest BCUT2D eigenvalue weighted by molar-refractivity contribution is 5.64. The van der Waals surface area contributed by atoms with Gasteiger partial charge in [0.25, 0.3) is 0 Å². The van der Waals surface area contributed by atoms with Crippen LogP contribution in [0.15, 0.2) is 54.7 Å². The molecule has 0 aliphatic heterocycles. The van der Waals surface area contributed by atoms with Gasteiger partial charge in [0.15, 0.2) is 11.6 Å². The molecular weight excluding hydrogens is 412 g/mol. The lowest BCUT2D eigenvalue weighted by molar-refractivity contribution is -0.137. The molecule has 3 aromatic rings. The smallest absolute Gasteiger partial charge is 0.416 e. The number of halogens is 4. The van der Waals surface area contributed by atoms with Gasteiger partial charge in [-0.2, -0.15) is 13.2 Å². The minimum Gasteiger partial charge on any atom is -0.494 e. The van der Waals surface area contributed by atoms with Crippen molar-refractivity contribution in [3.8, 4) is 17.0 Å². The molecule has 9 heteroatoms. The maximum atomic E-state index is 14.1. The minimum absolute atomic E-state index is 0.106. The molecule has 1 aromatic heterocycles. The standard InChI is InChI=1S/C22H22F4N4O/c1-29(2)11-12-30(17-6-4-5-16(14-17)22(24,25)26)21-27-10-9-19(28-21)15-7-8-20(31-3)18(23)13-15/h4-10,13-14H,11-12H2,1-3H3. The Morgan fingerprint density at radius 1 is 1.00 bits per heavy atom. The number of hydrogen-bond acceptors (Lipinski definition) is 5. The van der Waals surface area contributed by atoms with E-state index < -0.39 is 17.6 Å². The molecule has 0 saturated heterocycles. The summed E-state index contributed by atoms with van der Waals surface area (Å²) in [6.45, 7) is 0.912. The summed E-state index contributed by atoms with van der Waals surface area (Å²) < 4.78 is 58.8. The van der Waals surface area contributed by atoms with Crippen molar-refractivity contribution in [3.63, 3.8) is 0 Å². The molecule has 0 aliphatic carbocycles. The monoisotopic (exact) mass is 434 g/mol. The van der Waals surface area contributed by atoms with Gasteiger partial charge in [0.1, 0.15) is 0 Å². The van der Waals surface area contributed by atoms with Crippen LogP contribution in [0, 0.1) is 5.82 Å². The average molecular weight is 434 g/mol. The van der Waals surface area contributed by atoms with Crippen LogP contribution < -0.4 is 9.64 Å². The number of aromatic nitrogens is 2. The lowest BCUT2D eigenvalue weighted by Crippen LogP contribution is -2.29. The Morgan fingerprint density at radius 2 is 1.77 bits per heavy atom. The first-order valence-electron chi connectivity index (χ1n) is 9.45. The predicted octanol–water partition coefficient (Wildman–Crippen LogP) is 5.01. The van der Waals surface area contributed by atoms with Crippen LogP contribution in [-0.4, -0.2) is 49.2 Å². The molecular formula is C22H22F4N4O. The molecule has 0 unspecified atom stereocenters. The molecule has 2 aromatic carbocycles. The molecule has 0 aliphatic rings. The van der Waals surface area contributed by atoms with E-state index in [0.717, 1.165) is 12.1 Å². The Kier molecular flexibility index (Phi) is 6.74. The molecule has 0 atom stereocenters. The first kappa shape index (κ1) is 22.5. The molecule has 1 heterocycles. The summed E-state index contributed by atoms with van der Waals surface area (Å²) in [6.07, 6.45) is -2.97. The van der Waals surface area contributed by atoms with E-state index in [2.05, 4.69) is 9.97 Å². The third-order valence-electron chi connectivity index (χ3n) is 4.59. The van der Waals surface area contributed by atoms with Crippen molar-refractivity contribution in [2.45, 2.75) is 6.18 Å². The van der Waals surface area contributed by atoms with Gasteiger partial charge in [0, 0.05) is 30.5 Å². The van der Waals surface area contributed by atoms with Crippen molar-refractivity contribution < 1.29 is 22.3 Å². The molecule has 5 nitrogen and oxygen atoms in total. The van der Waals surface area contributed by atoms with Gasteiger partial charge in [-0.15, -0.1) is 0 Å². The number of rotatable bonds is 7. The Balaban J connectivity index is 2.02. The van der Waals surface area contributed by atoms with Gasteiger partial charge >= 0.3 is 6.18 Å². The number of nitrogens with zero attached hydrogens (tertiary/aromatic N) is 4. The lowest BCUT2D eigenvalue weighted by Gasteiger charge is -2.25. The second-order valence-electron chi connectivity index (χ2n) is 7.09. The summed E-state index contributed by atoms with van der Waals surface area (Å²) in [6, 6.07) is 11.1. The number of anilines is 2. The van der Waals surface area contributed by atoms with Gasteiger partial charge in [-0.3, -0.25) is 0 Å². The molecule has 0 saturated carbocycles. The van der Waals surface area contributed by atoms with Crippen LogP contribution >= 0.6 is 0 Å². The van der Waals surface area contributed by atoms with Crippen LogP contribution in [0.2, 0.25) is 0 Å². The van der Waals surface area contributed by atoms with Crippen molar-refractivity contribution in [1.29, 1.82) is 0 Å². The molecule has 164 valence electrons. The molecule has 0 fully saturated rings. The average Bonchev–Trinajstić information content (AvgIpc) is 2.73. The van der Waals surface area contributed by atoms with E-state index in [9.17, 15) is 17.6 Å². The number of ether oxygens (including phenoxy) is 1. The summed E-state index contributed by atoms with van der Waals surface area (Å²) in [5.74, 6) is -0.216. The van der Waals surface area contributed by atoms with Gasteiger partial charge in [-0.05, 0) is 56.6 Å². The van der Waals surface area contributed by atoms with Crippen molar-refractivity contribution in [2.75, 3.05) is 39.2 Å². The van der Waals surface area contributed by atoms with E-state index in [0.29, 0.717) is 30.0 Å². The minimum atomic E-state index is -4.47. The quantitative estimate of drug-likeness (QED) is 0.489. The van der Waals surface area contributed by atoms with E-state index in [1.807, 2.05) is 19.0 Å². The van der Waals surface area contributed by atoms with Crippen LogP contribution in [-0.2, 0) is 6.18 Å². The number of likely N-dealkylation sites (N-methyl/N-ethyl adjacent to an activating group) is 1. The third kappa shape index (κ3) is 5.49. The fraction of sp³-hybridized carbons (Fsp3) is 0.273. The Bertz CT molecular complexity index is 1040. The third-order valence-corrected chi connectivity index (χ3v) is 4.59. The summed E-state index contributed by atoms with van der Waals surface area (Å²) in [5.41, 5.74) is 0.495. The summed E-state index contributed by atoms with van der Waals surface area (Å²) in [4.78, 5) is 12.3. The SMILES string of the molecule is COc1ccc(-c2ccnc(N(CCN(C)C)c3cccc(C(F)(F)F)c3)n2)cc1F. The zero-order valence-corrected chi connectivity index (χ0v) is 17.3. The second-order valence-corrected chi connectivity index (χ2v) is 7.09. The maximum absolute atomic E-state index is 14.1. The van der Waals surface area contributed by atoms with E-state index in [1.165, 1.54) is 31.5 Å². The van der Waals surface area contributed by atoms with Crippen LogP contribution in [0.5, 0.6) is 5.75 Å². The molecule has 3 rings (SSSR count). The fourth-order valence-electron chi connectivity index (χ4n) is 2.96. The van der Waals surface area contributed by atoms with Crippen LogP contribution in [0.4, 0.5) is 29.2 Å². The van der Waals surface area contributed by atoms with Crippen molar-refractivity contribution >= 4 is 11.6 Å². The van der Waals surface area contributed by atoms with Crippen molar-refractivity contribution in [2.24, 2.45) is 0 Å². The fourth-order valence-corrected chi connectivity index (χ4v) is 2.96. The molecule has 0 amide bonds. The van der Waals surface area contributed by atoms with Crippen LogP contribution in [0.3, 0.4) is 0 Å². The molecule has 31 heavy (non-hydrogen) atoms. The Labute approximate surface area is 177 Å². The highest BCUT2D eigenvalue weighted by Gasteiger charge is 2.31. The van der Waals surface area contributed by atoms with Gasteiger partial charge in [0.05, 0.1) is 18.4 Å². The Morgan fingerprint density at radius 3 is 2.42 bits per heavy atom. The number of benzene rings is 2. The molecule has 0 spiro atoms. The zero-order valence-electron chi connectivity index (χ0n) is 17.3. The largest absolute Gasteiger partial charge is 0.494 e. The predicted molar refractivity (Wildman–Crippen MR) is 111 cm³/mol. The topological polar surface area (TPSA) is 41.5 Å². The van der Waals surface area contributed by atoms with Crippen molar-refractivity contribution in [1.82, 2.24) is 14.9 Å². The normalized spacial score (nSPS) is 11.6. The molecule has 0 N–H and O–H groups in total. The van der Waals surface area contributed by atoms with E-state index in [-0.39, 0.29) is 11.7 Å². The first-order valence-corrected chi connectivity index (χ1v) is 9.45. The van der Waals surface area contributed by atoms with E-state index in [1.54, 1.807) is 23.1 Å². The summed E-state index contributed by atoms with van der Waals surface area (Å²) in [5, 5.41) is 0. The highest BCUT2D eigenvalue weighted by atomic mass is 19.4. The highest BCUT2D eigenvalue weighted by Crippen LogP contribution is 2.33. The molecule has 0 bridgehead atoms. The second kappa shape index (κ2) is 9.30. The zero-order chi connectivity index (χ0) is 22.6. The summed E-state index contributed by atoms with van der Waals surface area (Å²) in [7, 11) is 5.10. The van der Waals surface area contributed by atoms with Gasteiger partial charge in [-0.1, -0.05) is 6.07 Å².